The zero-order chi connectivity index (χ0) is 22.6. The quantitative estimate of drug-likeness (QED) is 0.202. The van der Waals surface area contributed by atoms with Crippen molar-refractivity contribution in [2.24, 2.45) is 0 Å². The second-order valence-electron chi connectivity index (χ2n) is 7.91. The molecule has 0 amide bonds. The molecule has 0 aromatic heterocycles. The van der Waals surface area contributed by atoms with Crippen LogP contribution in [0.1, 0.15) is 65.0 Å². The van der Waals surface area contributed by atoms with Gasteiger partial charge in [0.15, 0.2) is 0 Å². The largest absolute Gasteiger partial charge is 0.663 e. The number of fused-ring (bicyclic) bond motifs is 3. The van der Waals surface area contributed by atoms with Crippen LogP contribution in [0.3, 0.4) is 0 Å². The summed E-state index contributed by atoms with van der Waals surface area (Å²) in [7, 11) is 0. The van der Waals surface area contributed by atoms with Gasteiger partial charge in [0.05, 0.1) is 0 Å². The van der Waals surface area contributed by atoms with Gasteiger partial charge in [-0.1, -0.05) is 107 Å². The van der Waals surface area contributed by atoms with Crippen molar-refractivity contribution in [1.82, 2.24) is 0 Å². The summed E-state index contributed by atoms with van der Waals surface area (Å²) in [5.41, 5.74) is 4.39. The summed E-state index contributed by atoms with van der Waals surface area (Å²) in [4.78, 5) is 0. The van der Waals surface area contributed by atoms with Crippen LogP contribution in [-0.2, 0) is 25.8 Å². The van der Waals surface area contributed by atoms with Gasteiger partial charge in [-0.15, -0.1) is 33.7 Å². The fourth-order valence-corrected chi connectivity index (χ4v) is 3.96. The van der Waals surface area contributed by atoms with Crippen molar-refractivity contribution in [2.45, 2.75) is 53.9 Å². The molecule has 1 aliphatic carbocycles. The van der Waals surface area contributed by atoms with Gasteiger partial charge in [0.2, 0.25) is 0 Å². The first-order valence-electron chi connectivity index (χ1n) is 11.8. The molecular weight excluding hydrogens is 555 g/mol. The SMILES string of the molecule is CC(C)c1ccc2c([cH-]c3ccccc32)c1C1=CC=CC1.CC[N-]CC.CC[N-]CC.[Hf]. The van der Waals surface area contributed by atoms with E-state index in [0.717, 1.165) is 32.6 Å². The molecule has 3 aromatic rings. The molecule has 0 radical (unpaired) electrons. The predicted octanol–water partition coefficient (Wildman–Crippen LogP) is 8.98. The fraction of sp³-hybridized carbons (Fsp3) is 0.414. The molecule has 0 aliphatic heterocycles. The van der Waals surface area contributed by atoms with Crippen molar-refractivity contribution in [2.75, 3.05) is 26.2 Å². The average Bonchev–Trinajstić information content (AvgIpc) is 3.43. The van der Waals surface area contributed by atoms with Crippen molar-refractivity contribution >= 4 is 27.1 Å². The summed E-state index contributed by atoms with van der Waals surface area (Å²) < 4.78 is 0. The first-order chi connectivity index (χ1) is 15.1. The van der Waals surface area contributed by atoms with Crippen LogP contribution in [0.25, 0.3) is 37.8 Å². The monoisotopic (exact) mass is 595 g/mol. The number of hydrogen-bond donors (Lipinski definition) is 0. The summed E-state index contributed by atoms with van der Waals surface area (Å²) in [6.45, 7) is 16.6. The first-order valence-corrected chi connectivity index (χ1v) is 11.8. The maximum absolute atomic E-state index is 3.97. The Morgan fingerprint density at radius 3 is 1.97 bits per heavy atom. The maximum Gasteiger partial charge on any atom is 0 e. The standard InChI is InChI=1S/C21H19.2C4H10N.Hf/c1-14(2)17-11-12-19-18-10-6-5-9-16(18)13-20(19)21(17)15-7-3-4-8-15;2*1-3-5-4-2;/h3-7,9-14H,8H2,1-2H3;2*3-4H2,1-2H3;/q3*-1;. The second-order valence-corrected chi connectivity index (χ2v) is 7.91. The molecular formula is C29H39HfN2-3. The molecule has 172 valence electrons. The van der Waals surface area contributed by atoms with Gasteiger partial charge >= 0.3 is 0 Å². The Kier molecular flexibility index (Phi) is 13.8. The van der Waals surface area contributed by atoms with Crippen LogP contribution in [0.2, 0.25) is 0 Å². The molecule has 0 heterocycles. The Labute approximate surface area is 214 Å². The Hall–Kier alpha value is -1.42. The van der Waals surface area contributed by atoms with E-state index in [-0.39, 0.29) is 25.8 Å². The summed E-state index contributed by atoms with van der Waals surface area (Å²) in [6.07, 6.45) is 7.76. The predicted molar refractivity (Wildman–Crippen MR) is 142 cm³/mol. The zero-order valence-corrected chi connectivity index (χ0v) is 24.4. The molecule has 0 saturated carbocycles. The number of nitrogens with zero attached hydrogens (tertiary/aromatic N) is 2. The second kappa shape index (κ2) is 15.4. The van der Waals surface area contributed by atoms with Crippen molar-refractivity contribution in [3.8, 4) is 0 Å². The molecule has 0 bridgehead atoms. The van der Waals surface area contributed by atoms with E-state index >= 15 is 0 Å². The van der Waals surface area contributed by atoms with E-state index in [2.05, 4.69) is 85.2 Å². The van der Waals surface area contributed by atoms with E-state index in [1.807, 2.05) is 27.7 Å². The van der Waals surface area contributed by atoms with E-state index in [1.165, 1.54) is 38.2 Å². The normalized spacial score (nSPS) is 12.2. The molecule has 0 saturated heterocycles. The van der Waals surface area contributed by atoms with Gasteiger partial charge < -0.3 is 10.6 Å². The third kappa shape index (κ3) is 7.57. The topological polar surface area (TPSA) is 28.2 Å². The molecule has 3 aromatic carbocycles. The molecule has 3 heteroatoms. The van der Waals surface area contributed by atoms with Crippen LogP contribution in [0.15, 0.2) is 60.7 Å². The fourth-order valence-electron chi connectivity index (χ4n) is 3.96. The minimum absolute atomic E-state index is 0. The third-order valence-electron chi connectivity index (χ3n) is 5.44. The number of benzene rings is 2. The number of allylic oxidation sites excluding steroid dienone is 4. The summed E-state index contributed by atoms with van der Waals surface area (Å²) in [6, 6.07) is 15.7. The average molecular weight is 594 g/mol. The molecule has 0 atom stereocenters. The van der Waals surface area contributed by atoms with Crippen LogP contribution in [0.5, 0.6) is 0 Å². The van der Waals surface area contributed by atoms with Gasteiger partial charge in [-0.25, -0.2) is 0 Å². The van der Waals surface area contributed by atoms with Crippen LogP contribution >= 0.6 is 0 Å². The third-order valence-corrected chi connectivity index (χ3v) is 5.44. The summed E-state index contributed by atoms with van der Waals surface area (Å²) >= 11 is 0. The van der Waals surface area contributed by atoms with Gasteiger partial charge in [0.25, 0.3) is 0 Å². The van der Waals surface area contributed by atoms with Crippen LogP contribution in [-0.4, -0.2) is 26.2 Å². The molecule has 4 rings (SSSR count). The smallest absolute Gasteiger partial charge is 0 e. The molecule has 0 unspecified atom stereocenters. The van der Waals surface area contributed by atoms with Gasteiger partial charge in [0, 0.05) is 25.8 Å². The number of rotatable bonds is 6. The van der Waals surface area contributed by atoms with E-state index in [4.69, 9.17) is 0 Å². The van der Waals surface area contributed by atoms with Gasteiger partial charge in [-0.2, -0.15) is 26.2 Å². The van der Waals surface area contributed by atoms with E-state index in [1.54, 1.807) is 0 Å². The van der Waals surface area contributed by atoms with Gasteiger partial charge in [-0.3, -0.25) is 0 Å². The van der Waals surface area contributed by atoms with E-state index < -0.39 is 0 Å². The molecule has 1 aliphatic rings. The minimum Gasteiger partial charge on any atom is -0.663 e. The first kappa shape index (κ1) is 28.6. The number of hydrogen-bond acceptors (Lipinski definition) is 0. The Balaban J connectivity index is 0.000000396. The molecule has 0 N–H and O–H groups in total. The molecule has 2 nitrogen and oxygen atoms in total. The minimum atomic E-state index is 0. The molecule has 0 fully saturated rings. The van der Waals surface area contributed by atoms with Gasteiger partial charge in [-0.05, 0) is 12.3 Å². The Morgan fingerprint density at radius 2 is 1.47 bits per heavy atom. The van der Waals surface area contributed by atoms with Crippen molar-refractivity contribution < 1.29 is 25.8 Å². The summed E-state index contributed by atoms with van der Waals surface area (Å²) in [5, 5.41) is 13.5. The molecule has 32 heavy (non-hydrogen) atoms. The van der Waals surface area contributed by atoms with E-state index in [0.29, 0.717) is 5.92 Å². The van der Waals surface area contributed by atoms with Gasteiger partial charge in [0.1, 0.15) is 0 Å². The van der Waals surface area contributed by atoms with Crippen molar-refractivity contribution in [3.63, 3.8) is 0 Å². The van der Waals surface area contributed by atoms with Crippen molar-refractivity contribution in [1.29, 1.82) is 0 Å². The van der Waals surface area contributed by atoms with Crippen LogP contribution < -0.4 is 0 Å². The summed E-state index contributed by atoms with van der Waals surface area (Å²) in [5.74, 6) is 0.545. The van der Waals surface area contributed by atoms with Crippen molar-refractivity contribution in [3.05, 3.63) is 82.5 Å². The maximum atomic E-state index is 3.97. The van der Waals surface area contributed by atoms with Crippen LogP contribution in [0, 0.1) is 0 Å². The molecule has 0 spiro atoms. The zero-order valence-electron chi connectivity index (χ0n) is 20.8. The van der Waals surface area contributed by atoms with E-state index in [9.17, 15) is 0 Å². The Morgan fingerprint density at radius 1 is 0.844 bits per heavy atom. The van der Waals surface area contributed by atoms with Crippen LogP contribution in [0.4, 0.5) is 0 Å². The Bertz CT molecular complexity index is 985.